The molecule has 2 rings (SSSR count). The van der Waals surface area contributed by atoms with Crippen molar-refractivity contribution in [1.82, 2.24) is 5.32 Å². The van der Waals surface area contributed by atoms with E-state index in [-0.39, 0.29) is 0 Å². The van der Waals surface area contributed by atoms with Crippen LogP contribution in [0.3, 0.4) is 0 Å². The van der Waals surface area contributed by atoms with Crippen molar-refractivity contribution in [2.45, 2.75) is 18.8 Å². The Morgan fingerprint density at radius 3 is 2.22 bits per heavy atom. The molecule has 0 aromatic heterocycles. The molecule has 1 aromatic carbocycles. The van der Waals surface area contributed by atoms with Gasteiger partial charge in [0.2, 0.25) is 0 Å². The summed E-state index contributed by atoms with van der Waals surface area (Å²) in [5.41, 5.74) is 1.20. The number of hydrogen-bond acceptors (Lipinski definition) is 4. The number of piperidine rings is 1. The predicted molar refractivity (Wildman–Crippen MR) is 70.9 cm³/mol. The van der Waals surface area contributed by atoms with Gasteiger partial charge in [0.15, 0.2) is 11.5 Å². The van der Waals surface area contributed by atoms with Crippen molar-refractivity contribution in [3.8, 4) is 17.2 Å². The number of methoxy groups -OCH3 is 3. The fraction of sp³-hybridized carbons (Fsp3) is 0.571. The Morgan fingerprint density at radius 2 is 1.67 bits per heavy atom. The van der Waals surface area contributed by atoms with Crippen molar-refractivity contribution >= 4 is 0 Å². The zero-order chi connectivity index (χ0) is 13.0. The van der Waals surface area contributed by atoms with E-state index in [2.05, 4.69) is 5.32 Å². The van der Waals surface area contributed by atoms with Crippen LogP contribution in [0.15, 0.2) is 12.1 Å². The van der Waals surface area contributed by atoms with Crippen LogP contribution in [0, 0.1) is 0 Å². The van der Waals surface area contributed by atoms with Crippen LogP contribution in [0.5, 0.6) is 17.2 Å². The molecule has 0 radical (unpaired) electrons. The third-order valence-corrected chi connectivity index (χ3v) is 3.47. The Labute approximate surface area is 108 Å². The van der Waals surface area contributed by atoms with Crippen molar-refractivity contribution in [2.75, 3.05) is 34.4 Å². The first-order valence-electron chi connectivity index (χ1n) is 6.30. The highest BCUT2D eigenvalue weighted by atomic mass is 16.5. The summed E-state index contributed by atoms with van der Waals surface area (Å²) in [7, 11) is 4.99. The average molecular weight is 251 g/mol. The first kappa shape index (κ1) is 13.0. The molecular formula is C14H21NO3. The summed E-state index contributed by atoms with van der Waals surface area (Å²) in [4.78, 5) is 0. The molecule has 18 heavy (non-hydrogen) atoms. The van der Waals surface area contributed by atoms with E-state index in [1.807, 2.05) is 12.1 Å². The van der Waals surface area contributed by atoms with Crippen LogP contribution >= 0.6 is 0 Å². The number of benzene rings is 1. The van der Waals surface area contributed by atoms with E-state index in [0.717, 1.165) is 24.6 Å². The fourth-order valence-electron chi connectivity index (χ4n) is 2.49. The Bertz CT molecular complexity index is 400. The number of rotatable bonds is 4. The van der Waals surface area contributed by atoms with E-state index in [0.29, 0.717) is 11.7 Å². The fourth-order valence-corrected chi connectivity index (χ4v) is 2.49. The minimum Gasteiger partial charge on any atom is -0.496 e. The number of nitrogens with one attached hydrogen (secondary N) is 1. The van der Waals surface area contributed by atoms with Crippen molar-refractivity contribution < 1.29 is 14.2 Å². The van der Waals surface area contributed by atoms with Gasteiger partial charge < -0.3 is 19.5 Å². The summed E-state index contributed by atoms with van der Waals surface area (Å²) >= 11 is 0. The quantitative estimate of drug-likeness (QED) is 0.890. The van der Waals surface area contributed by atoms with Gasteiger partial charge >= 0.3 is 0 Å². The smallest absolute Gasteiger partial charge is 0.164 e. The average Bonchev–Trinajstić information content (AvgIpc) is 2.46. The lowest BCUT2D eigenvalue weighted by Crippen LogP contribution is -2.28. The van der Waals surface area contributed by atoms with Gasteiger partial charge in [-0.25, -0.2) is 0 Å². The lowest BCUT2D eigenvalue weighted by molar-refractivity contribution is 0.344. The van der Waals surface area contributed by atoms with Gasteiger partial charge in [-0.2, -0.15) is 0 Å². The van der Waals surface area contributed by atoms with Gasteiger partial charge in [0, 0.05) is 24.1 Å². The Kier molecular flexibility index (Phi) is 4.31. The van der Waals surface area contributed by atoms with Crippen LogP contribution in [0.25, 0.3) is 0 Å². The third kappa shape index (κ3) is 2.53. The summed E-state index contributed by atoms with van der Waals surface area (Å²) in [6.07, 6.45) is 2.38. The Hall–Kier alpha value is -1.42. The van der Waals surface area contributed by atoms with E-state index < -0.39 is 0 Å². The summed E-state index contributed by atoms with van der Waals surface area (Å²) in [6.45, 7) is 2.10. The number of ether oxygens (including phenoxy) is 3. The highest BCUT2D eigenvalue weighted by molar-refractivity contribution is 5.52. The molecule has 0 amide bonds. The van der Waals surface area contributed by atoms with E-state index >= 15 is 0 Å². The largest absolute Gasteiger partial charge is 0.496 e. The lowest BCUT2D eigenvalue weighted by atomic mass is 9.90. The van der Waals surface area contributed by atoms with Gasteiger partial charge in [-0.1, -0.05) is 0 Å². The molecule has 1 heterocycles. The van der Waals surface area contributed by atoms with Crippen LogP contribution in [0.2, 0.25) is 0 Å². The molecule has 4 heteroatoms. The van der Waals surface area contributed by atoms with Gasteiger partial charge in [0.1, 0.15) is 5.75 Å². The normalized spacial score (nSPS) is 19.4. The molecule has 1 fully saturated rings. The third-order valence-electron chi connectivity index (χ3n) is 3.47. The number of hydrogen-bond donors (Lipinski definition) is 1. The molecule has 1 unspecified atom stereocenters. The van der Waals surface area contributed by atoms with Crippen LogP contribution in [0.1, 0.15) is 24.3 Å². The highest BCUT2D eigenvalue weighted by Gasteiger charge is 2.21. The topological polar surface area (TPSA) is 39.7 Å². The van der Waals surface area contributed by atoms with Crippen molar-refractivity contribution in [3.63, 3.8) is 0 Å². The second kappa shape index (κ2) is 5.96. The zero-order valence-corrected chi connectivity index (χ0v) is 11.3. The molecule has 1 aromatic rings. The zero-order valence-electron chi connectivity index (χ0n) is 11.3. The minimum atomic E-state index is 0.480. The van der Waals surface area contributed by atoms with Gasteiger partial charge in [-0.15, -0.1) is 0 Å². The summed E-state index contributed by atoms with van der Waals surface area (Å²) in [5.74, 6) is 2.83. The highest BCUT2D eigenvalue weighted by Crippen LogP contribution is 2.39. The van der Waals surface area contributed by atoms with Crippen LogP contribution < -0.4 is 19.5 Å². The standard InChI is InChI=1S/C14H21NO3/c1-16-12-8-14(18-3)13(17-2)7-11(12)10-5-4-6-15-9-10/h7-8,10,15H,4-6,9H2,1-3H3. The molecule has 1 atom stereocenters. The molecule has 0 spiro atoms. The maximum Gasteiger partial charge on any atom is 0.164 e. The summed E-state index contributed by atoms with van der Waals surface area (Å²) in [5, 5.41) is 3.42. The van der Waals surface area contributed by atoms with E-state index in [1.165, 1.54) is 18.4 Å². The van der Waals surface area contributed by atoms with E-state index in [1.54, 1.807) is 21.3 Å². The maximum atomic E-state index is 5.48. The maximum absolute atomic E-state index is 5.48. The Balaban J connectivity index is 2.37. The van der Waals surface area contributed by atoms with Crippen LogP contribution in [-0.4, -0.2) is 34.4 Å². The van der Waals surface area contributed by atoms with Gasteiger partial charge in [0.25, 0.3) is 0 Å². The lowest BCUT2D eigenvalue weighted by Gasteiger charge is -2.25. The van der Waals surface area contributed by atoms with Crippen LogP contribution in [-0.2, 0) is 0 Å². The van der Waals surface area contributed by atoms with Gasteiger partial charge in [-0.05, 0) is 25.5 Å². The molecule has 4 nitrogen and oxygen atoms in total. The second-order valence-electron chi connectivity index (χ2n) is 4.49. The first-order chi connectivity index (χ1) is 8.80. The molecule has 1 aliphatic rings. The van der Waals surface area contributed by atoms with Crippen molar-refractivity contribution in [1.29, 1.82) is 0 Å². The van der Waals surface area contributed by atoms with Crippen molar-refractivity contribution in [2.24, 2.45) is 0 Å². The summed E-state index contributed by atoms with van der Waals surface area (Å²) < 4.78 is 16.1. The Morgan fingerprint density at radius 1 is 1.00 bits per heavy atom. The second-order valence-corrected chi connectivity index (χ2v) is 4.49. The molecule has 1 saturated heterocycles. The SMILES string of the molecule is COc1cc(OC)c(C2CCCNC2)cc1OC. The molecule has 1 aliphatic heterocycles. The first-order valence-corrected chi connectivity index (χ1v) is 6.30. The van der Waals surface area contributed by atoms with E-state index in [4.69, 9.17) is 14.2 Å². The molecule has 1 N–H and O–H groups in total. The van der Waals surface area contributed by atoms with Crippen LogP contribution in [0.4, 0.5) is 0 Å². The van der Waals surface area contributed by atoms with Gasteiger partial charge in [-0.3, -0.25) is 0 Å². The predicted octanol–water partition coefficient (Wildman–Crippen LogP) is 2.18. The van der Waals surface area contributed by atoms with E-state index in [9.17, 15) is 0 Å². The molecule has 100 valence electrons. The molecule has 0 aliphatic carbocycles. The summed E-state index contributed by atoms with van der Waals surface area (Å²) in [6, 6.07) is 3.94. The molecular weight excluding hydrogens is 230 g/mol. The molecule has 0 saturated carbocycles. The minimum absolute atomic E-state index is 0.480. The molecule has 0 bridgehead atoms. The van der Waals surface area contributed by atoms with Crippen molar-refractivity contribution in [3.05, 3.63) is 17.7 Å². The van der Waals surface area contributed by atoms with Gasteiger partial charge in [0.05, 0.1) is 21.3 Å². The monoisotopic (exact) mass is 251 g/mol.